The number of ether oxygens (including phenoxy) is 1. The zero-order valence-electron chi connectivity index (χ0n) is 16.5. The predicted octanol–water partition coefficient (Wildman–Crippen LogP) is 2.41. The Kier molecular flexibility index (Phi) is 11.0. The molecule has 7 heteroatoms. The lowest BCUT2D eigenvalue weighted by Gasteiger charge is -2.38. The molecular formula is C20H35Cl2N3O2. The minimum atomic E-state index is -0.140. The summed E-state index contributed by atoms with van der Waals surface area (Å²) in [6.45, 7) is 8.90. The predicted molar refractivity (Wildman–Crippen MR) is 115 cm³/mol. The lowest BCUT2D eigenvalue weighted by Crippen LogP contribution is -2.49. The van der Waals surface area contributed by atoms with Crippen LogP contribution in [-0.4, -0.2) is 73.4 Å². The molecule has 0 saturated carbocycles. The van der Waals surface area contributed by atoms with Crippen LogP contribution in [0.2, 0.25) is 0 Å². The van der Waals surface area contributed by atoms with Gasteiger partial charge in [0.25, 0.3) is 0 Å². The largest absolute Gasteiger partial charge is 0.493 e. The molecule has 2 saturated heterocycles. The van der Waals surface area contributed by atoms with E-state index in [0.717, 1.165) is 51.6 Å². The van der Waals surface area contributed by atoms with E-state index in [2.05, 4.69) is 46.3 Å². The Morgan fingerprint density at radius 1 is 1.19 bits per heavy atom. The number of aliphatic hydroxyl groups excluding tert-OH is 1. The molecule has 0 spiro atoms. The zero-order chi connectivity index (χ0) is 17.6. The van der Waals surface area contributed by atoms with Crippen molar-refractivity contribution in [1.29, 1.82) is 0 Å². The molecule has 0 radical (unpaired) electrons. The Bertz CT molecular complexity index is 544. The Hall–Kier alpha value is -0.560. The minimum absolute atomic E-state index is 0. The molecule has 156 valence electrons. The number of hydrogen-bond donors (Lipinski definition) is 2. The van der Waals surface area contributed by atoms with Crippen LogP contribution in [0.25, 0.3) is 0 Å². The summed E-state index contributed by atoms with van der Waals surface area (Å²) in [6.07, 6.45) is 2.37. The van der Waals surface area contributed by atoms with Gasteiger partial charge in [-0.05, 0) is 44.5 Å². The third kappa shape index (κ3) is 7.41. The number of β-amino-alcohol motifs (C(OH)–C–C–N with tert-alkyl or cyclic N) is 1. The van der Waals surface area contributed by atoms with Crippen molar-refractivity contribution in [2.75, 3.05) is 46.4 Å². The first-order valence-electron chi connectivity index (χ1n) is 9.65. The molecule has 0 aliphatic carbocycles. The molecule has 5 nitrogen and oxygen atoms in total. The van der Waals surface area contributed by atoms with E-state index in [1.807, 2.05) is 7.05 Å². The van der Waals surface area contributed by atoms with Crippen LogP contribution in [0.4, 0.5) is 0 Å². The summed E-state index contributed by atoms with van der Waals surface area (Å²) in [4.78, 5) is 4.84. The fraction of sp³-hybridized carbons (Fsp3) is 0.700. The first-order chi connectivity index (χ1) is 12.1. The molecule has 2 fully saturated rings. The number of nitrogens with one attached hydrogen (secondary N) is 1. The van der Waals surface area contributed by atoms with Gasteiger partial charge in [-0.15, -0.1) is 24.8 Å². The van der Waals surface area contributed by atoms with Crippen LogP contribution in [0.15, 0.2) is 24.3 Å². The first kappa shape index (κ1) is 24.5. The van der Waals surface area contributed by atoms with Crippen molar-refractivity contribution in [2.24, 2.45) is 5.92 Å². The lowest BCUT2D eigenvalue weighted by molar-refractivity contribution is -0.00289. The van der Waals surface area contributed by atoms with Gasteiger partial charge >= 0.3 is 0 Å². The highest BCUT2D eigenvalue weighted by Crippen LogP contribution is 2.23. The Morgan fingerprint density at radius 2 is 1.96 bits per heavy atom. The highest BCUT2D eigenvalue weighted by Gasteiger charge is 2.26. The molecule has 2 heterocycles. The lowest BCUT2D eigenvalue weighted by atomic mass is 9.94. The fourth-order valence-corrected chi connectivity index (χ4v) is 3.84. The van der Waals surface area contributed by atoms with E-state index in [4.69, 9.17) is 4.74 Å². The second kappa shape index (κ2) is 12.1. The van der Waals surface area contributed by atoms with E-state index < -0.39 is 0 Å². The molecular weight excluding hydrogens is 385 g/mol. The van der Waals surface area contributed by atoms with Crippen molar-refractivity contribution in [3.63, 3.8) is 0 Å². The van der Waals surface area contributed by atoms with Crippen LogP contribution in [0.3, 0.4) is 0 Å². The van der Waals surface area contributed by atoms with Crippen molar-refractivity contribution in [3.8, 4) is 5.75 Å². The van der Waals surface area contributed by atoms with Crippen molar-refractivity contribution in [2.45, 2.75) is 38.5 Å². The van der Waals surface area contributed by atoms with Crippen LogP contribution in [0.5, 0.6) is 5.75 Å². The Balaban J connectivity index is 0.00000182. The monoisotopic (exact) mass is 419 g/mol. The third-order valence-corrected chi connectivity index (χ3v) is 5.49. The number of piperidine rings is 1. The average molecular weight is 420 g/mol. The SMILES string of the molecule is CNCCN1C[C@@H](COc2cccc(CN3CC(O)C3)c2)CC[C@@H]1C.Cl.Cl. The maximum atomic E-state index is 9.40. The molecule has 2 N–H and O–H groups in total. The van der Waals surface area contributed by atoms with Gasteiger partial charge in [-0.3, -0.25) is 9.80 Å². The molecule has 0 bridgehead atoms. The number of aliphatic hydroxyl groups is 1. The maximum Gasteiger partial charge on any atom is 0.119 e. The maximum absolute atomic E-state index is 9.40. The molecule has 1 aromatic carbocycles. The van der Waals surface area contributed by atoms with E-state index in [-0.39, 0.29) is 30.9 Å². The van der Waals surface area contributed by atoms with Gasteiger partial charge in [-0.2, -0.15) is 0 Å². The van der Waals surface area contributed by atoms with Crippen LogP contribution in [0.1, 0.15) is 25.3 Å². The van der Waals surface area contributed by atoms with Gasteiger partial charge in [0.2, 0.25) is 0 Å². The molecule has 1 aromatic rings. The van der Waals surface area contributed by atoms with Crippen molar-refractivity contribution in [1.82, 2.24) is 15.1 Å². The number of benzene rings is 1. The molecule has 2 atom stereocenters. The van der Waals surface area contributed by atoms with Crippen LogP contribution < -0.4 is 10.1 Å². The van der Waals surface area contributed by atoms with Gasteiger partial charge in [0.1, 0.15) is 5.75 Å². The van der Waals surface area contributed by atoms with Gasteiger partial charge in [0.05, 0.1) is 12.7 Å². The molecule has 27 heavy (non-hydrogen) atoms. The van der Waals surface area contributed by atoms with Crippen molar-refractivity contribution in [3.05, 3.63) is 29.8 Å². The van der Waals surface area contributed by atoms with Crippen molar-refractivity contribution >= 4 is 24.8 Å². The zero-order valence-corrected chi connectivity index (χ0v) is 18.1. The minimum Gasteiger partial charge on any atom is -0.493 e. The van der Waals surface area contributed by atoms with Crippen molar-refractivity contribution < 1.29 is 9.84 Å². The molecule has 3 rings (SSSR count). The number of nitrogens with zero attached hydrogens (tertiary/aromatic N) is 2. The summed E-state index contributed by atoms with van der Waals surface area (Å²) in [5.41, 5.74) is 1.26. The number of likely N-dealkylation sites (tertiary alicyclic amines) is 2. The number of likely N-dealkylation sites (N-methyl/N-ethyl adjacent to an activating group) is 1. The van der Waals surface area contributed by atoms with E-state index >= 15 is 0 Å². The van der Waals surface area contributed by atoms with Gasteiger partial charge in [0.15, 0.2) is 0 Å². The smallest absolute Gasteiger partial charge is 0.119 e. The van der Waals surface area contributed by atoms with Gasteiger partial charge in [-0.1, -0.05) is 12.1 Å². The highest BCUT2D eigenvalue weighted by molar-refractivity contribution is 5.85. The summed E-state index contributed by atoms with van der Waals surface area (Å²) >= 11 is 0. The second-order valence-corrected chi connectivity index (χ2v) is 7.70. The van der Waals surface area contributed by atoms with Crippen LogP contribution >= 0.6 is 24.8 Å². The topological polar surface area (TPSA) is 48.0 Å². The van der Waals surface area contributed by atoms with Gasteiger partial charge in [-0.25, -0.2) is 0 Å². The third-order valence-electron chi connectivity index (χ3n) is 5.49. The fourth-order valence-electron chi connectivity index (χ4n) is 3.84. The van der Waals surface area contributed by atoms with E-state index in [9.17, 15) is 5.11 Å². The number of rotatable bonds is 8. The summed E-state index contributed by atoms with van der Waals surface area (Å²) in [7, 11) is 2.02. The van der Waals surface area contributed by atoms with E-state index in [0.29, 0.717) is 12.0 Å². The summed E-state index contributed by atoms with van der Waals surface area (Å²) in [5.74, 6) is 1.58. The summed E-state index contributed by atoms with van der Waals surface area (Å²) < 4.78 is 6.12. The van der Waals surface area contributed by atoms with Gasteiger partial charge in [0, 0.05) is 51.2 Å². The van der Waals surface area contributed by atoms with E-state index in [1.54, 1.807) is 0 Å². The molecule has 2 aliphatic rings. The molecule has 2 aliphatic heterocycles. The molecule has 0 unspecified atom stereocenters. The quantitative estimate of drug-likeness (QED) is 0.677. The summed E-state index contributed by atoms with van der Waals surface area (Å²) in [5, 5.41) is 12.6. The number of halogens is 2. The average Bonchev–Trinajstić information content (AvgIpc) is 2.59. The van der Waals surface area contributed by atoms with Crippen LogP contribution in [0, 0.1) is 5.92 Å². The highest BCUT2D eigenvalue weighted by atomic mass is 35.5. The standard InChI is InChI=1S/C20H33N3O2.2ClH/c1-16-6-7-18(12-23(16)9-8-21-2)15-25-20-5-3-4-17(10-20)11-22-13-19(24)14-22;;/h3-5,10,16,18-19,21,24H,6-9,11-15H2,1-2H3;2*1H/t16-,18-;;/m0../s1. The Labute approximate surface area is 176 Å². The molecule has 0 aromatic heterocycles. The summed E-state index contributed by atoms with van der Waals surface area (Å²) in [6, 6.07) is 9.09. The normalized spacial score (nSPS) is 23.8. The first-order valence-corrected chi connectivity index (χ1v) is 9.65. The van der Waals surface area contributed by atoms with Crippen LogP contribution in [-0.2, 0) is 6.54 Å². The second-order valence-electron chi connectivity index (χ2n) is 7.70. The Morgan fingerprint density at radius 3 is 2.67 bits per heavy atom. The molecule has 0 amide bonds. The number of hydrogen-bond acceptors (Lipinski definition) is 5. The van der Waals surface area contributed by atoms with Gasteiger partial charge < -0.3 is 15.2 Å². The van der Waals surface area contributed by atoms with E-state index in [1.165, 1.54) is 18.4 Å².